The van der Waals surface area contributed by atoms with Crippen molar-refractivity contribution in [1.82, 2.24) is 9.97 Å². The molecule has 0 bridgehead atoms. The molecule has 1 aromatic heterocycles. The minimum Gasteiger partial charge on any atom is -0.409 e. The molecule has 0 saturated heterocycles. The topological polar surface area (TPSA) is 87.6 Å². The number of aromatic nitrogens is 2. The summed E-state index contributed by atoms with van der Waals surface area (Å²) in [5, 5.41) is 11.6. The van der Waals surface area contributed by atoms with Gasteiger partial charge in [-0.2, -0.15) is 0 Å². The Balaban J connectivity index is 2.28. The van der Waals surface area contributed by atoms with Crippen LogP contribution in [-0.2, 0) is 0 Å². The Kier molecular flexibility index (Phi) is 3.84. The molecule has 6 heteroatoms. The van der Waals surface area contributed by atoms with Crippen LogP contribution < -0.4 is 10.6 Å². The van der Waals surface area contributed by atoms with Crippen LogP contribution in [0, 0.1) is 13.8 Å². The van der Waals surface area contributed by atoms with Gasteiger partial charge in [0.1, 0.15) is 0 Å². The van der Waals surface area contributed by atoms with Gasteiger partial charge in [0, 0.05) is 18.3 Å². The summed E-state index contributed by atoms with van der Waals surface area (Å²) in [6, 6.07) is 7.33. The fourth-order valence-corrected chi connectivity index (χ4v) is 1.74. The fourth-order valence-electron chi connectivity index (χ4n) is 1.74. The predicted octanol–water partition coefficient (Wildman–Crippen LogP) is 1.96. The van der Waals surface area contributed by atoms with E-state index in [1.165, 1.54) is 0 Å². The van der Waals surface area contributed by atoms with Gasteiger partial charge in [-0.3, -0.25) is 4.98 Å². The van der Waals surface area contributed by atoms with E-state index in [1.807, 2.05) is 37.9 Å². The van der Waals surface area contributed by atoms with Crippen LogP contribution in [-0.4, -0.2) is 28.1 Å². The van der Waals surface area contributed by atoms with Gasteiger partial charge in [-0.15, -0.1) is 0 Å². The summed E-state index contributed by atoms with van der Waals surface area (Å²) in [6.45, 7) is 3.86. The Labute approximate surface area is 117 Å². The van der Waals surface area contributed by atoms with Crippen molar-refractivity contribution < 1.29 is 5.21 Å². The molecule has 1 heterocycles. The molecule has 0 aliphatic heterocycles. The third kappa shape index (κ3) is 2.69. The zero-order chi connectivity index (χ0) is 14.7. The van der Waals surface area contributed by atoms with Gasteiger partial charge in [0.05, 0.1) is 17.6 Å². The maximum atomic E-state index is 8.64. The average molecular weight is 271 g/mol. The molecule has 1 aromatic carbocycles. The van der Waals surface area contributed by atoms with Crippen LogP contribution in [0.15, 0.2) is 35.6 Å². The zero-order valence-electron chi connectivity index (χ0n) is 11.7. The SMILES string of the molecule is Cc1ncc(N(C)c2ccc(/C(N)=N/O)cc2)nc1C. The zero-order valence-corrected chi connectivity index (χ0v) is 11.7. The van der Waals surface area contributed by atoms with Crippen molar-refractivity contribution in [3.05, 3.63) is 47.4 Å². The van der Waals surface area contributed by atoms with E-state index in [0.29, 0.717) is 5.56 Å². The molecule has 104 valence electrons. The van der Waals surface area contributed by atoms with Crippen LogP contribution >= 0.6 is 0 Å². The Bertz CT molecular complexity index is 637. The standard InChI is InChI=1S/C14H17N5O/c1-9-10(2)17-13(8-16-9)19(3)12-6-4-11(5-7-12)14(15)18-20/h4-8,20H,1-3H3,(H2,15,18). The number of rotatable bonds is 3. The van der Waals surface area contributed by atoms with Gasteiger partial charge in [0.15, 0.2) is 11.7 Å². The molecular formula is C14H17N5O. The van der Waals surface area contributed by atoms with E-state index in [-0.39, 0.29) is 5.84 Å². The second kappa shape index (κ2) is 5.56. The molecule has 0 atom stereocenters. The summed E-state index contributed by atoms with van der Waals surface area (Å²) in [4.78, 5) is 10.7. The van der Waals surface area contributed by atoms with E-state index < -0.39 is 0 Å². The number of aryl methyl sites for hydroxylation is 2. The van der Waals surface area contributed by atoms with Crippen molar-refractivity contribution in [2.24, 2.45) is 10.9 Å². The number of amidine groups is 1. The lowest BCUT2D eigenvalue weighted by Crippen LogP contribution is -2.15. The van der Waals surface area contributed by atoms with Crippen molar-refractivity contribution in [3.63, 3.8) is 0 Å². The maximum Gasteiger partial charge on any atom is 0.170 e. The molecule has 0 spiro atoms. The predicted molar refractivity (Wildman–Crippen MR) is 78.5 cm³/mol. The minimum atomic E-state index is 0.0881. The number of nitrogens with two attached hydrogens (primary N) is 1. The molecule has 6 nitrogen and oxygen atoms in total. The second-order valence-corrected chi connectivity index (χ2v) is 4.49. The van der Waals surface area contributed by atoms with E-state index in [4.69, 9.17) is 10.9 Å². The molecule has 0 amide bonds. The number of nitrogens with zero attached hydrogens (tertiary/aromatic N) is 4. The summed E-state index contributed by atoms with van der Waals surface area (Å²) in [5.41, 5.74) is 8.96. The second-order valence-electron chi connectivity index (χ2n) is 4.49. The highest BCUT2D eigenvalue weighted by atomic mass is 16.4. The van der Waals surface area contributed by atoms with E-state index >= 15 is 0 Å². The molecule has 0 saturated carbocycles. The van der Waals surface area contributed by atoms with Crippen LogP contribution in [0.2, 0.25) is 0 Å². The smallest absolute Gasteiger partial charge is 0.170 e. The molecule has 0 aliphatic carbocycles. The molecule has 3 N–H and O–H groups in total. The van der Waals surface area contributed by atoms with Crippen LogP contribution in [0.4, 0.5) is 11.5 Å². The van der Waals surface area contributed by atoms with Crippen LogP contribution in [0.25, 0.3) is 0 Å². The number of hydrogen-bond acceptors (Lipinski definition) is 5. The van der Waals surface area contributed by atoms with Gasteiger partial charge in [-0.1, -0.05) is 5.16 Å². The summed E-state index contributed by atoms with van der Waals surface area (Å²) in [6.07, 6.45) is 1.74. The highest BCUT2D eigenvalue weighted by molar-refractivity contribution is 5.97. The number of oxime groups is 1. The Morgan fingerprint density at radius 3 is 2.40 bits per heavy atom. The quantitative estimate of drug-likeness (QED) is 0.385. The molecule has 0 unspecified atom stereocenters. The van der Waals surface area contributed by atoms with Gasteiger partial charge in [0.2, 0.25) is 0 Å². The Morgan fingerprint density at radius 1 is 1.20 bits per heavy atom. The lowest BCUT2D eigenvalue weighted by Gasteiger charge is -2.19. The van der Waals surface area contributed by atoms with Gasteiger partial charge in [-0.25, -0.2) is 4.98 Å². The molecule has 2 rings (SSSR count). The van der Waals surface area contributed by atoms with Gasteiger partial charge in [-0.05, 0) is 38.1 Å². The highest BCUT2D eigenvalue weighted by Gasteiger charge is 2.08. The molecule has 2 aromatic rings. The first-order valence-corrected chi connectivity index (χ1v) is 6.15. The molecule has 20 heavy (non-hydrogen) atoms. The Hall–Kier alpha value is -2.63. The first-order valence-electron chi connectivity index (χ1n) is 6.15. The lowest BCUT2D eigenvalue weighted by atomic mass is 10.2. The van der Waals surface area contributed by atoms with Crippen LogP contribution in [0.1, 0.15) is 17.0 Å². The molecule has 0 fully saturated rings. The first kappa shape index (κ1) is 13.8. The molecule has 0 radical (unpaired) electrons. The summed E-state index contributed by atoms with van der Waals surface area (Å²) >= 11 is 0. The number of anilines is 2. The third-order valence-electron chi connectivity index (χ3n) is 3.18. The third-order valence-corrected chi connectivity index (χ3v) is 3.18. The van der Waals surface area contributed by atoms with E-state index in [9.17, 15) is 0 Å². The number of hydrogen-bond donors (Lipinski definition) is 2. The maximum absolute atomic E-state index is 8.64. The Morgan fingerprint density at radius 2 is 1.85 bits per heavy atom. The van der Waals surface area contributed by atoms with E-state index in [0.717, 1.165) is 22.9 Å². The summed E-state index contributed by atoms with van der Waals surface area (Å²) < 4.78 is 0. The largest absolute Gasteiger partial charge is 0.409 e. The summed E-state index contributed by atoms with van der Waals surface area (Å²) in [7, 11) is 1.91. The van der Waals surface area contributed by atoms with Crippen molar-refractivity contribution >= 4 is 17.3 Å². The van der Waals surface area contributed by atoms with Crippen LogP contribution in [0.5, 0.6) is 0 Å². The van der Waals surface area contributed by atoms with E-state index in [2.05, 4.69) is 15.1 Å². The normalized spacial score (nSPS) is 11.4. The average Bonchev–Trinajstić information content (AvgIpc) is 2.48. The lowest BCUT2D eigenvalue weighted by molar-refractivity contribution is 0.318. The van der Waals surface area contributed by atoms with Gasteiger partial charge in [0.25, 0.3) is 0 Å². The summed E-state index contributed by atoms with van der Waals surface area (Å²) in [5.74, 6) is 0.856. The monoisotopic (exact) mass is 271 g/mol. The van der Waals surface area contributed by atoms with Crippen molar-refractivity contribution in [1.29, 1.82) is 0 Å². The molecule has 0 aliphatic rings. The van der Waals surface area contributed by atoms with Gasteiger partial charge >= 0.3 is 0 Å². The minimum absolute atomic E-state index is 0.0881. The first-order chi connectivity index (χ1) is 9.52. The van der Waals surface area contributed by atoms with Crippen molar-refractivity contribution in [2.75, 3.05) is 11.9 Å². The van der Waals surface area contributed by atoms with Crippen molar-refractivity contribution in [2.45, 2.75) is 13.8 Å². The molecular weight excluding hydrogens is 254 g/mol. The van der Waals surface area contributed by atoms with Gasteiger partial charge < -0.3 is 15.8 Å². The van der Waals surface area contributed by atoms with Crippen LogP contribution in [0.3, 0.4) is 0 Å². The number of benzene rings is 1. The highest BCUT2D eigenvalue weighted by Crippen LogP contribution is 2.22. The van der Waals surface area contributed by atoms with Crippen molar-refractivity contribution in [3.8, 4) is 0 Å². The fraction of sp³-hybridized carbons (Fsp3) is 0.214. The van der Waals surface area contributed by atoms with E-state index in [1.54, 1.807) is 18.3 Å².